The van der Waals surface area contributed by atoms with Crippen LogP contribution in [0.5, 0.6) is 0 Å². The summed E-state index contributed by atoms with van der Waals surface area (Å²) < 4.78 is 0. The van der Waals surface area contributed by atoms with Crippen molar-refractivity contribution in [3.05, 3.63) is 40.8 Å². The van der Waals surface area contributed by atoms with Crippen LogP contribution < -0.4 is 10.6 Å². The number of nitrogens with zero attached hydrogens (tertiary/aromatic N) is 1. The predicted octanol–water partition coefficient (Wildman–Crippen LogP) is 2.63. The van der Waals surface area contributed by atoms with E-state index in [1.54, 1.807) is 17.5 Å². The van der Waals surface area contributed by atoms with E-state index in [1.165, 1.54) is 0 Å². The second-order valence-electron chi connectivity index (χ2n) is 3.81. The highest BCUT2D eigenvalue weighted by atomic mass is 32.1. The Morgan fingerprint density at radius 2 is 2.22 bits per heavy atom. The first-order valence-electron chi connectivity index (χ1n) is 5.78. The highest BCUT2D eigenvalue weighted by Crippen LogP contribution is 2.21. The Morgan fingerprint density at radius 3 is 2.94 bits per heavy atom. The molecular formula is C13H15N3OS. The second-order valence-corrected chi connectivity index (χ2v) is 4.59. The molecule has 0 fully saturated rings. The van der Waals surface area contributed by atoms with Gasteiger partial charge in [0, 0.05) is 31.0 Å². The molecule has 0 radical (unpaired) electrons. The number of amides is 2. The third-order valence-electron chi connectivity index (χ3n) is 2.44. The first-order valence-corrected chi connectivity index (χ1v) is 6.72. The number of pyridine rings is 1. The molecule has 2 aromatic rings. The number of rotatable bonds is 4. The molecule has 0 aliphatic carbocycles. The first kappa shape index (κ1) is 12.6. The van der Waals surface area contributed by atoms with Crippen molar-refractivity contribution in [3.63, 3.8) is 0 Å². The van der Waals surface area contributed by atoms with Gasteiger partial charge in [0.15, 0.2) is 0 Å². The highest BCUT2D eigenvalue weighted by molar-refractivity contribution is 7.08. The van der Waals surface area contributed by atoms with Crippen molar-refractivity contribution in [2.45, 2.75) is 13.5 Å². The second kappa shape index (κ2) is 6.16. The summed E-state index contributed by atoms with van der Waals surface area (Å²) in [7, 11) is 0. The van der Waals surface area contributed by atoms with Gasteiger partial charge in [0.1, 0.15) is 0 Å². The van der Waals surface area contributed by atoms with Gasteiger partial charge in [0.2, 0.25) is 0 Å². The van der Waals surface area contributed by atoms with Gasteiger partial charge in [-0.15, -0.1) is 0 Å². The van der Waals surface area contributed by atoms with Gasteiger partial charge in [-0.2, -0.15) is 11.3 Å². The van der Waals surface area contributed by atoms with Crippen LogP contribution >= 0.6 is 11.3 Å². The molecule has 2 aromatic heterocycles. The SMILES string of the molecule is CCNC(=O)NCc1cncc(-c2ccsc2)c1. The average molecular weight is 261 g/mol. The molecule has 0 bridgehead atoms. The average Bonchev–Trinajstić information content (AvgIpc) is 2.91. The van der Waals surface area contributed by atoms with Crippen LogP contribution in [0.1, 0.15) is 12.5 Å². The minimum Gasteiger partial charge on any atom is -0.338 e. The van der Waals surface area contributed by atoms with Gasteiger partial charge < -0.3 is 10.6 Å². The van der Waals surface area contributed by atoms with Crippen LogP contribution in [0.25, 0.3) is 11.1 Å². The molecule has 4 nitrogen and oxygen atoms in total. The molecule has 2 N–H and O–H groups in total. The van der Waals surface area contributed by atoms with Gasteiger partial charge in [-0.25, -0.2) is 4.79 Å². The van der Waals surface area contributed by atoms with Crippen LogP contribution in [-0.4, -0.2) is 17.6 Å². The van der Waals surface area contributed by atoms with Gasteiger partial charge in [0.25, 0.3) is 0 Å². The van der Waals surface area contributed by atoms with E-state index in [1.807, 2.05) is 24.6 Å². The summed E-state index contributed by atoms with van der Waals surface area (Å²) in [4.78, 5) is 15.5. The Kier molecular flexibility index (Phi) is 4.30. The quantitative estimate of drug-likeness (QED) is 0.889. The lowest BCUT2D eigenvalue weighted by molar-refractivity contribution is 0.241. The fourth-order valence-corrected chi connectivity index (χ4v) is 2.24. The summed E-state index contributed by atoms with van der Waals surface area (Å²) >= 11 is 1.66. The molecule has 94 valence electrons. The van der Waals surface area contributed by atoms with Crippen LogP contribution in [0.2, 0.25) is 0 Å². The van der Waals surface area contributed by atoms with Crippen molar-refractivity contribution in [3.8, 4) is 11.1 Å². The number of urea groups is 1. The maximum Gasteiger partial charge on any atom is 0.315 e. The van der Waals surface area contributed by atoms with E-state index < -0.39 is 0 Å². The molecule has 0 atom stereocenters. The largest absolute Gasteiger partial charge is 0.338 e. The maximum absolute atomic E-state index is 11.3. The highest BCUT2D eigenvalue weighted by Gasteiger charge is 2.02. The number of thiophene rings is 1. The minimum atomic E-state index is -0.154. The Hall–Kier alpha value is -1.88. The Balaban J connectivity index is 2.02. The van der Waals surface area contributed by atoms with Crippen molar-refractivity contribution in [2.75, 3.05) is 6.54 Å². The summed E-state index contributed by atoms with van der Waals surface area (Å²) in [5.41, 5.74) is 3.23. The summed E-state index contributed by atoms with van der Waals surface area (Å²) in [6.45, 7) is 2.99. The molecule has 2 heterocycles. The summed E-state index contributed by atoms with van der Waals surface area (Å²) in [5.74, 6) is 0. The predicted molar refractivity (Wildman–Crippen MR) is 73.5 cm³/mol. The Bertz CT molecular complexity index is 511. The Morgan fingerprint density at radius 1 is 1.33 bits per heavy atom. The summed E-state index contributed by atoms with van der Waals surface area (Å²) in [6.07, 6.45) is 3.60. The smallest absolute Gasteiger partial charge is 0.315 e. The number of aromatic nitrogens is 1. The van der Waals surface area contributed by atoms with Crippen molar-refractivity contribution < 1.29 is 4.79 Å². The van der Waals surface area contributed by atoms with Crippen molar-refractivity contribution in [1.82, 2.24) is 15.6 Å². The van der Waals surface area contributed by atoms with Gasteiger partial charge >= 0.3 is 6.03 Å². The minimum absolute atomic E-state index is 0.154. The fraction of sp³-hybridized carbons (Fsp3) is 0.231. The van der Waals surface area contributed by atoms with Crippen LogP contribution in [0.15, 0.2) is 35.3 Å². The van der Waals surface area contributed by atoms with E-state index in [-0.39, 0.29) is 6.03 Å². The zero-order valence-corrected chi connectivity index (χ0v) is 11.0. The molecule has 2 rings (SSSR count). The molecule has 0 saturated carbocycles. The van der Waals surface area contributed by atoms with E-state index in [4.69, 9.17) is 0 Å². The zero-order valence-electron chi connectivity index (χ0n) is 10.1. The lowest BCUT2D eigenvalue weighted by Crippen LogP contribution is -2.34. The zero-order chi connectivity index (χ0) is 12.8. The molecule has 0 aliphatic rings. The molecular weight excluding hydrogens is 246 g/mol. The van der Waals surface area contributed by atoms with Crippen molar-refractivity contribution in [1.29, 1.82) is 0 Å². The Labute approximate surface area is 110 Å². The lowest BCUT2D eigenvalue weighted by atomic mass is 10.1. The topological polar surface area (TPSA) is 54.0 Å². The molecule has 0 aliphatic heterocycles. The van der Waals surface area contributed by atoms with Crippen LogP contribution in [-0.2, 0) is 6.54 Å². The molecule has 18 heavy (non-hydrogen) atoms. The first-order chi connectivity index (χ1) is 8.79. The van der Waals surface area contributed by atoms with Gasteiger partial charge in [-0.05, 0) is 40.9 Å². The van der Waals surface area contributed by atoms with E-state index in [2.05, 4.69) is 27.1 Å². The molecule has 0 aromatic carbocycles. The maximum atomic E-state index is 11.3. The number of carbonyl (C=O) groups is 1. The third-order valence-corrected chi connectivity index (χ3v) is 3.12. The van der Waals surface area contributed by atoms with Crippen LogP contribution in [0, 0.1) is 0 Å². The summed E-state index contributed by atoms with van der Waals surface area (Å²) in [5, 5.41) is 9.59. The van der Waals surface area contributed by atoms with E-state index in [0.717, 1.165) is 16.7 Å². The molecule has 0 spiro atoms. The third kappa shape index (κ3) is 3.30. The van der Waals surface area contributed by atoms with Gasteiger partial charge in [0.05, 0.1) is 0 Å². The lowest BCUT2D eigenvalue weighted by Gasteiger charge is -2.06. The molecule has 5 heteroatoms. The fourth-order valence-electron chi connectivity index (χ4n) is 1.58. The molecule has 2 amide bonds. The van der Waals surface area contributed by atoms with E-state index in [9.17, 15) is 4.79 Å². The normalized spacial score (nSPS) is 10.1. The van der Waals surface area contributed by atoms with E-state index in [0.29, 0.717) is 13.1 Å². The van der Waals surface area contributed by atoms with Crippen LogP contribution in [0.4, 0.5) is 4.79 Å². The molecule has 0 saturated heterocycles. The number of hydrogen-bond acceptors (Lipinski definition) is 3. The van der Waals surface area contributed by atoms with Crippen LogP contribution in [0.3, 0.4) is 0 Å². The van der Waals surface area contributed by atoms with Gasteiger partial charge in [-0.1, -0.05) is 0 Å². The standard InChI is InChI=1S/C13H15N3OS/c1-2-15-13(17)16-7-10-5-12(8-14-6-10)11-3-4-18-9-11/h3-6,8-9H,2,7H2,1H3,(H2,15,16,17). The number of nitrogens with one attached hydrogen (secondary N) is 2. The number of hydrogen-bond donors (Lipinski definition) is 2. The van der Waals surface area contributed by atoms with Crippen molar-refractivity contribution >= 4 is 17.4 Å². The van der Waals surface area contributed by atoms with Gasteiger partial charge in [-0.3, -0.25) is 4.98 Å². The monoisotopic (exact) mass is 261 g/mol. The van der Waals surface area contributed by atoms with E-state index >= 15 is 0 Å². The summed E-state index contributed by atoms with van der Waals surface area (Å²) in [6, 6.07) is 3.95. The molecule has 0 unspecified atom stereocenters. The van der Waals surface area contributed by atoms with Crippen molar-refractivity contribution in [2.24, 2.45) is 0 Å². The number of carbonyl (C=O) groups excluding carboxylic acids is 1.